The van der Waals surface area contributed by atoms with Crippen LogP contribution in [0.25, 0.3) is 27.6 Å². The number of hydrogen-bond donors (Lipinski definition) is 0. The molecule has 1 aliphatic rings. The van der Waals surface area contributed by atoms with Crippen molar-refractivity contribution < 1.29 is 4.79 Å². The van der Waals surface area contributed by atoms with E-state index >= 15 is 0 Å². The molecule has 0 N–H and O–H groups in total. The number of hydrogen-bond acceptors (Lipinski definition) is 4. The van der Waals surface area contributed by atoms with Gasteiger partial charge in [0, 0.05) is 18.5 Å². The van der Waals surface area contributed by atoms with Crippen LogP contribution < -0.4 is 0 Å². The summed E-state index contributed by atoms with van der Waals surface area (Å²) in [5, 5.41) is 1.85. The lowest BCUT2D eigenvalue weighted by molar-refractivity contribution is -0.129. The number of fused-ring (bicyclic) bond motifs is 5. The molecule has 6 heteroatoms. The summed E-state index contributed by atoms with van der Waals surface area (Å²) in [5.74, 6) is 0.611. The highest BCUT2D eigenvalue weighted by molar-refractivity contribution is 7.99. The van der Waals surface area contributed by atoms with Crippen LogP contribution in [0.5, 0.6) is 0 Å². The van der Waals surface area contributed by atoms with E-state index in [4.69, 9.17) is 9.97 Å². The van der Waals surface area contributed by atoms with Crippen LogP contribution in [0.15, 0.2) is 53.7 Å². The fourth-order valence-electron chi connectivity index (χ4n) is 3.77. The number of rotatable bonds is 3. The third kappa shape index (κ3) is 2.94. The number of carbonyl (C=O) groups is 1. The van der Waals surface area contributed by atoms with Crippen molar-refractivity contribution in [3.05, 3.63) is 48.5 Å². The van der Waals surface area contributed by atoms with E-state index in [0.717, 1.165) is 58.7 Å². The molecule has 136 valence electrons. The van der Waals surface area contributed by atoms with E-state index in [2.05, 4.69) is 16.5 Å². The lowest BCUT2D eigenvalue weighted by atomic mass is 10.1. The first kappa shape index (κ1) is 16.6. The van der Waals surface area contributed by atoms with Gasteiger partial charge in [-0.25, -0.2) is 9.97 Å². The molecule has 0 bridgehead atoms. The summed E-state index contributed by atoms with van der Waals surface area (Å²) in [6, 6.07) is 16.1. The molecule has 0 atom stereocenters. The average Bonchev–Trinajstić information content (AvgIpc) is 3.12. The van der Waals surface area contributed by atoms with Crippen molar-refractivity contribution in [3.63, 3.8) is 0 Å². The maximum Gasteiger partial charge on any atom is 0.233 e. The van der Waals surface area contributed by atoms with Gasteiger partial charge in [0.25, 0.3) is 0 Å². The molecule has 1 saturated heterocycles. The normalized spacial score (nSPS) is 15.0. The van der Waals surface area contributed by atoms with Crippen LogP contribution in [0.1, 0.15) is 19.3 Å². The summed E-state index contributed by atoms with van der Waals surface area (Å²) in [6.07, 6.45) is 3.45. The minimum atomic E-state index is 0.201. The van der Waals surface area contributed by atoms with Crippen molar-refractivity contribution in [3.8, 4) is 0 Å². The highest BCUT2D eigenvalue weighted by Gasteiger charge is 2.19. The molecule has 0 unspecified atom stereocenters. The Morgan fingerprint density at radius 2 is 1.67 bits per heavy atom. The third-order valence-corrected chi connectivity index (χ3v) is 6.07. The van der Waals surface area contributed by atoms with Gasteiger partial charge in [-0.1, -0.05) is 36.0 Å². The van der Waals surface area contributed by atoms with E-state index in [1.165, 1.54) is 18.2 Å². The zero-order chi connectivity index (χ0) is 18.2. The van der Waals surface area contributed by atoms with Gasteiger partial charge in [0.15, 0.2) is 5.16 Å². The first-order valence-corrected chi connectivity index (χ1v) is 10.4. The van der Waals surface area contributed by atoms with Crippen molar-refractivity contribution in [1.82, 2.24) is 19.3 Å². The van der Waals surface area contributed by atoms with Gasteiger partial charge in [-0.15, -0.1) is 0 Å². The van der Waals surface area contributed by atoms with Gasteiger partial charge in [-0.3, -0.25) is 9.20 Å². The molecule has 0 aliphatic carbocycles. The molecule has 5 nitrogen and oxygen atoms in total. The van der Waals surface area contributed by atoms with Crippen LogP contribution in [0.2, 0.25) is 0 Å². The molecule has 4 aromatic rings. The Morgan fingerprint density at radius 1 is 0.926 bits per heavy atom. The Balaban J connectivity index is 1.58. The quantitative estimate of drug-likeness (QED) is 0.398. The average molecular weight is 376 g/mol. The molecule has 5 rings (SSSR count). The number of likely N-dealkylation sites (tertiary alicyclic amines) is 1. The minimum absolute atomic E-state index is 0.201. The molecule has 2 aromatic heterocycles. The fourth-order valence-corrected chi connectivity index (χ4v) is 4.68. The first-order valence-electron chi connectivity index (χ1n) is 9.38. The summed E-state index contributed by atoms with van der Waals surface area (Å²) in [7, 11) is 0. The van der Waals surface area contributed by atoms with E-state index in [0.29, 0.717) is 5.75 Å². The van der Waals surface area contributed by atoms with Gasteiger partial charge in [-0.05, 0) is 43.5 Å². The fraction of sp³-hybridized carbons (Fsp3) is 0.286. The summed E-state index contributed by atoms with van der Waals surface area (Å²) >= 11 is 1.51. The molecule has 2 aromatic carbocycles. The van der Waals surface area contributed by atoms with E-state index in [1.807, 2.05) is 41.3 Å². The van der Waals surface area contributed by atoms with Crippen LogP contribution in [0.3, 0.4) is 0 Å². The number of thioether (sulfide) groups is 1. The second-order valence-electron chi connectivity index (χ2n) is 6.90. The Labute approximate surface area is 161 Å². The molecule has 0 radical (unpaired) electrons. The summed E-state index contributed by atoms with van der Waals surface area (Å²) in [5.41, 5.74) is 3.78. The van der Waals surface area contributed by atoms with Gasteiger partial charge in [0.2, 0.25) is 5.91 Å². The largest absolute Gasteiger partial charge is 0.342 e. The van der Waals surface area contributed by atoms with Crippen LogP contribution >= 0.6 is 11.8 Å². The Kier molecular flexibility index (Phi) is 4.20. The van der Waals surface area contributed by atoms with Crippen molar-refractivity contribution in [2.24, 2.45) is 0 Å². The highest BCUT2D eigenvalue weighted by Crippen LogP contribution is 2.29. The number of nitrogens with zero attached hydrogens (tertiary/aromatic N) is 4. The molecular weight excluding hydrogens is 356 g/mol. The molecule has 3 heterocycles. The van der Waals surface area contributed by atoms with Gasteiger partial charge in [0.05, 0.1) is 22.3 Å². The van der Waals surface area contributed by atoms with Crippen molar-refractivity contribution in [2.45, 2.75) is 24.4 Å². The zero-order valence-electron chi connectivity index (χ0n) is 15.0. The highest BCUT2D eigenvalue weighted by atomic mass is 32.2. The molecule has 27 heavy (non-hydrogen) atoms. The van der Waals surface area contributed by atoms with Crippen LogP contribution in [-0.4, -0.2) is 44.0 Å². The van der Waals surface area contributed by atoms with Gasteiger partial charge in [0.1, 0.15) is 5.65 Å². The summed E-state index contributed by atoms with van der Waals surface area (Å²) in [4.78, 5) is 24.3. The maximum absolute atomic E-state index is 12.6. The monoisotopic (exact) mass is 376 g/mol. The number of amides is 1. The number of imidazole rings is 1. The number of carbonyl (C=O) groups excluding carboxylic acids is 1. The number of piperidine rings is 1. The van der Waals surface area contributed by atoms with Crippen molar-refractivity contribution in [1.29, 1.82) is 0 Å². The Bertz CT molecular complexity index is 1150. The molecule has 1 amide bonds. The van der Waals surface area contributed by atoms with Crippen LogP contribution in [0, 0.1) is 0 Å². The molecule has 1 fully saturated rings. The second-order valence-corrected chi connectivity index (χ2v) is 7.84. The lowest BCUT2D eigenvalue weighted by Gasteiger charge is -2.26. The van der Waals surface area contributed by atoms with E-state index < -0.39 is 0 Å². The van der Waals surface area contributed by atoms with Gasteiger partial charge in [-0.2, -0.15) is 0 Å². The zero-order valence-corrected chi connectivity index (χ0v) is 15.8. The van der Waals surface area contributed by atoms with Gasteiger partial charge < -0.3 is 4.90 Å². The van der Waals surface area contributed by atoms with Gasteiger partial charge >= 0.3 is 0 Å². The van der Waals surface area contributed by atoms with Crippen molar-refractivity contribution in [2.75, 3.05) is 18.8 Å². The predicted octanol–water partition coefficient (Wildman–Crippen LogP) is 4.14. The summed E-state index contributed by atoms with van der Waals surface area (Å²) < 4.78 is 2.09. The van der Waals surface area contributed by atoms with E-state index in [-0.39, 0.29) is 5.91 Å². The Morgan fingerprint density at radius 3 is 2.52 bits per heavy atom. The number of benzene rings is 2. The molecular formula is C21H20N4OS. The number of aromatic nitrogens is 3. The topological polar surface area (TPSA) is 50.5 Å². The maximum atomic E-state index is 12.6. The predicted molar refractivity (Wildman–Crippen MR) is 109 cm³/mol. The van der Waals surface area contributed by atoms with Crippen molar-refractivity contribution >= 4 is 45.3 Å². The standard InChI is InChI=1S/C21H20N4OS/c26-19(24-12-6-1-7-13-24)14-27-21-23-16-9-3-2-8-15(16)20-22-17-10-4-5-11-18(17)25(20)21/h2-5,8-11H,1,6-7,12-14H2. The van der Waals surface area contributed by atoms with Crippen LogP contribution in [0.4, 0.5) is 0 Å². The van der Waals surface area contributed by atoms with E-state index in [9.17, 15) is 4.79 Å². The molecule has 0 saturated carbocycles. The Hall–Kier alpha value is -2.60. The number of para-hydroxylation sites is 3. The van der Waals surface area contributed by atoms with Crippen LogP contribution in [-0.2, 0) is 4.79 Å². The minimum Gasteiger partial charge on any atom is -0.342 e. The molecule has 1 aliphatic heterocycles. The van der Waals surface area contributed by atoms with E-state index in [1.54, 1.807) is 0 Å². The molecule has 0 spiro atoms. The lowest BCUT2D eigenvalue weighted by Crippen LogP contribution is -2.36. The summed E-state index contributed by atoms with van der Waals surface area (Å²) in [6.45, 7) is 1.77. The first-order chi connectivity index (χ1) is 13.3. The second kappa shape index (κ2) is 6.85. The smallest absolute Gasteiger partial charge is 0.233 e. The third-order valence-electron chi connectivity index (χ3n) is 5.15. The SMILES string of the molecule is O=C(CSc1nc2ccccc2c2nc3ccccc3n12)N1CCCCC1.